The van der Waals surface area contributed by atoms with E-state index in [2.05, 4.69) is 57.2 Å². The zero-order valence-electron chi connectivity index (χ0n) is 10.0. The maximum Gasteiger partial charge on any atom is 0.171 e. The third kappa shape index (κ3) is 2.50. The summed E-state index contributed by atoms with van der Waals surface area (Å²) in [4.78, 5) is 11.5. The summed E-state index contributed by atoms with van der Waals surface area (Å²) < 4.78 is 0.958. The van der Waals surface area contributed by atoms with E-state index in [1.807, 2.05) is 7.05 Å². The van der Waals surface area contributed by atoms with Gasteiger partial charge in [-0.2, -0.15) is 0 Å². The van der Waals surface area contributed by atoms with Crippen molar-refractivity contribution < 1.29 is 0 Å². The SMILES string of the molecule is CCc1nc(-c2ccc(C)s2)nc(NC)c1Br. The number of aryl methyl sites for hydroxylation is 2. The first-order valence-corrected chi connectivity index (χ1v) is 7.07. The Bertz CT molecular complexity index is 511. The number of hydrogen-bond donors (Lipinski definition) is 1. The molecule has 2 aromatic rings. The molecule has 0 spiro atoms. The van der Waals surface area contributed by atoms with Crippen LogP contribution in [-0.4, -0.2) is 17.0 Å². The van der Waals surface area contributed by atoms with Gasteiger partial charge in [0.05, 0.1) is 15.0 Å². The van der Waals surface area contributed by atoms with Gasteiger partial charge in [-0.15, -0.1) is 11.3 Å². The Hall–Kier alpha value is -0.940. The second-order valence-electron chi connectivity index (χ2n) is 3.67. The van der Waals surface area contributed by atoms with Crippen LogP contribution >= 0.6 is 27.3 Å². The normalized spacial score (nSPS) is 10.6. The van der Waals surface area contributed by atoms with Crippen molar-refractivity contribution in [3.8, 4) is 10.7 Å². The average Bonchev–Trinajstić information content (AvgIpc) is 2.76. The summed E-state index contributed by atoms with van der Waals surface area (Å²) in [6.07, 6.45) is 0.884. The van der Waals surface area contributed by atoms with E-state index in [-0.39, 0.29) is 0 Å². The molecule has 90 valence electrons. The van der Waals surface area contributed by atoms with Crippen LogP contribution in [0, 0.1) is 6.92 Å². The highest BCUT2D eigenvalue weighted by atomic mass is 79.9. The minimum Gasteiger partial charge on any atom is -0.372 e. The zero-order valence-corrected chi connectivity index (χ0v) is 12.4. The monoisotopic (exact) mass is 311 g/mol. The molecular formula is C12H14BrN3S. The predicted molar refractivity (Wildman–Crippen MR) is 76.7 cm³/mol. The van der Waals surface area contributed by atoms with Crippen LogP contribution in [0.3, 0.4) is 0 Å². The number of nitrogens with zero attached hydrogens (tertiary/aromatic N) is 2. The Kier molecular flexibility index (Phi) is 3.79. The van der Waals surface area contributed by atoms with Crippen LogP contribution in [0.25, 0.3) is 10.7 Å². The largest absolute Gasteiger partial charge is 0.372 e. The zero-order chi connectivity index (χ0) is 12.4. The minimum atomic E-state index is 0.799. The van der Waals surface area contributed by atoms with Gasteiger partial charge in [-0.3, -0.25) is 0 Å². The summed E-state index contributed by atoms with van der Waals surface area (Å²) in [5.41, 5.74) is 1.03. The van der Waals surface area contributed by atoms with Crippen LogP contribution in [0.5, 0.6) is 0 Å². The lowest BCUT2D eigenvalue weighted by Crippen LogP contribution is -2.02. The number of halogens is 1. The average molecular weight is 312 g/mol. The topological polar surface area (TPSA) is 37.8 Å². The molecule has 2 heterocycles. The van der Waals surface area contributed by atoms with Crippen LogP contribution < -0.4 is 5.32 Å². The first kappa shape index (κ1) is 12.5. The van der Waals surface area contributed by atoms with Crippen LogP contribution in [-0.2, 0) is 6.42 Å². The number of anilines is 1. The molecule has 0 unspecified atom stereocenters. The number of nitrogens with one attached hydrogen (secondary N) is 1. The number of thiophene rings is 1. The molecule has 0 aliphatic rings. The Morgan fingerprint density at radius 2 is 2.12 bits per heavy atom. The van der Waals surface area contributed by atoms with E-state index in [4.69, 9.17) is 0 Å². The third-order valence-corrected chi connectivity index (χ3v) is 4.28. The van der Waals surface area contributed by atoms with Crippen LogP contribution in [0.4, 0.5) is 5.82 Å². The Morgan fingerprint density at radius 3 is 2.65 bits per heavy atom. The predicted octanol–water partition coefficient (Wildman–Crippen LogP) is 3.88. The molecule has 5 heteroatoms. The highest BCUT2D eigenvalue weighted by molar-refractivity contribution is 9.10. The first-order valence-electron chi connectivity index (χ1n) is 5.46. The van der Waals surface area contributed by atoms with Gasteiger partial charge in [-0.1, -0.05) is 6.92 Å². The molecule has 0 saturated carbocycles. The van der Waals surface area contributed by atoms with Crippen molar-refractivity contribution >= 4 is 33.1 Å². The fourth-order valence-corrected chi connectivity index (χ4v) is 3.02. The molecule has 1 N–H and O–H groups in total. The van der Waals surface area contributed by atoms with Gasteiger partial charge < -0.3 is 5.32 Å². The minimum absolute atomic E-state index is 0.799. The van der Waals surface area contributed by atoms with Crippen molar-refractivity contribution in [2.24, 2.45) is 0 Å². The van der Waals surface area contributed by atoms with E-state index in [9.17, 15) is 0 Å². The van der Waals surface area contributed by atoms with Crippen molar-refractivity contribution in [1.29, 1.82) is 0 Å². The molecule has 0 aromatic carbocycles. The van der Waals surface area contributed by atoms with Crippen LogP contribution in [0.2, 0.25) is 0 Å². The summed E-state index contributed by atoms with van der Waals surface area (Å²) in [5, 5.41) is 3.09. The maximum absolute atomic E-state index is 4.60. The molecule has 0 aliphatic carbocycles. The van der Waals surface area contributed by atoms with Gasteiger partial charge >= 0.3 is 0 Å². The van der Waals surface area contributed by atoms with Gasteiger partial charge in [0.15, 0.2) is 5.82 Å². The van der Waals surface area contributed by atoms with Gasteiger partial charge in [0, 0.05) is 11.9 Å². The molecule has 0 aliphatic heterocycles. The molecule has 0 amide bonds. The standard InChI is InChI=1S/C12H14BrN3S/c1-4-8-10(13)12(14-3)16-11(15-8)9-6-5-7(2)17-9/h5-6H,4H2,1-3H3,(H,14,15,16). The second-order valence-corrected chi connectivity index (χ2v) is 5.75. The Morgan fingerprint density at radius 1 is 1.35 bits per heavy atom. The van der Waals surface area contributed by atoms with E-state index in [1.54, 1.807) is 11.3 Å². The third-order valence-electron chi connectivity index (χ3n) is 2.45. The van der Waals surface area contributed by atoms with Gasteiger partial charge in [0.25, 0.3) is 0 Å². The molecule has 0 bridgehead atoms. The Balaban J connectivity index is 2.55. The lowest BCUT2D eigenvalue weighted by molar-refractivity contribution is 0.994. The fourth-order valence-electron chi connectivity index (χ4n) is 1.56. The smallest absolute Gasteiger partial charge is 0.171 e. The maximum atomic E-state index is 4.60. The fraction of sp³-hybridized carbons (Fsp3) is 0.333. The summed E-state index contributed by atoms with van der Waals surface area (Å²) in [7, 11) is 1.87. The highest BCUT2D eigenvalue weighted by Crippen LogP contribution is 2.30. The van der Waals surface area contributed by atoms with Gasteiger partial charge in [-0.05, 0) is 41.4 Å². The second kappa shape index (κ2) is 5.14. The summed E-state index contributed by atoms with van der Waals surface area (Å²) in [6, 6.07) is 4.16. The quantitative estimate of drug-likeness (QED) is 0.934. The highest BCUT2D eigenvalue weighted by Gasteiger charge is 2.12. The molecule has 2 rings (SSSR count). The van der Waals surface area contributed by atoms with E-state index >= 15 is 0 Å². The summed E-state index contributed by atoms with van der Waals surface area (Å²) in [5.74, 6) is 1.64. The number of aromatic nitrogens is 2. The van der Waals surface area contributed by atoms with Crippen molar-refractivity contribution in [2.45, 2.75) is 20.3 Å². The van der Waals surface area contributed by atoms with E-state index < -0.39 is 0 Å². The van der Waals surface area contributed by atoms with Crippen molar-refractivity contribution in [2.75, 3.05) is 12.4 Å². The molecule has 0 atom stereocenters. The summed E-state index contributed by atoms with van der Waals surface area (Å²) >= 11 is 5.25. The molecular weight excluding hydrogens is 298 g/mol. The number of hydrogen-bond acceptors (Lipinski definition) is 4. The van der Waals surface area contributed by atoms with Crippen LogP contribution in [0.15, 0.2) is 16.6 Å². The molecule has 0 saturated heterocycles. The van der Waals surface area contributed by atoms with Gasteiger partial charge in [0.1, 0.15) is 5.82 Å². The van der Waals surface area contributed by atoms with Crippen molar-refractivity contribution in [1.82, 2.24) is 9.97 Å². The molecule has 2 aromatic heterocycles. The van der Waals surface area contributed by atoms with E-state index in [1.165, 1.54) is 4.88 Å². The first-order chi connectivity index (χ1) is 8.15. The van der Waals surface area contributed by atoms with E-state index in [0.29, 0.717) is 0 Å². The lowest BCUT2D eigenvalue weighted by Gasteiger charge is -2.08. The van der Waals surface area contributed by atoms with Crippen molar-refractivity contribution in [3.05, 3.63) is 27.2 Å². The molecule has 17 heavy (non-hydrogen) atoms. The van der Waals surface area contributed by atoms with Crippen LogP contribution in [0.1, 0.15) is 17.5 Å². The summed E-state index contributed by atoms with van der Waals surface area (Å²) in [6.45, 7) is 4.18. The molecule has 0 fully saturated rings. The Labute approximate surface area is 113 Å². The molecule has 0 radical (unpaired) electrons. The van der Waals surface area contributed by atoms with Crippen molar-refractivity contribution in [3.63, 3.8) is 0 Å². The van der Waals surface area contributed by atoms with Gasteiger partial charge in [0.2, 0.25) is 0 Å². The van der Waals surface area contributed by atoms with E-state index in [0.717, 1.165) is 33.1 Å². The number of rotatable bonds is 3. The molecule has 3 nitrogen and oxygen atoms in total. The lowest BCUT2D eigenvalue weighted by atomic mass is 10.3. The van der Waals surface area contributed by atoms with Gasteiger partial charge in [-0.25, -0.2) is 9.97 Å².